The van der Waals surface area contributed by atoms with Crippen LogP contribution >= 0.6 is 0 Å². The van der Waals surface area contributed by atoms with Gasteiger partial charge in [0.05, 0.1) is 6.61 Å². The molecule has 0 radical (unpaired) electrons. The normalized spacial score (nSPS) is 23.4. The van der Waals surface area contributed by atoms with Crippen LogP contribution in [0, 0.1) is 5.41 Å². The second-order valence-corrected chi connectivity index (χ2v) is 8.64. The highest BCUT2D eigenvalue weighted by Crippen LogP contribution is 2.31. The minimum absolute atomic E-state index is 0.112. The van der Waals surface area contributed by atoms with Crippen molar-refractivity contribution in [2.45, 2.75) is 44.8 Å². The Bertz CT molecular complexity index is 829. The van der Waals surface area contributed by atoms with E-state index in [9.17, 15) is 14.4 Å². The number of nitrogens with one attached hydrogen (secondary N) is 3. The van der Waals surface area contributed by atoms with Gasteiger partial charge in [-0.3, -0.25) is 19.7 Å². The zero-order chi connectivity index (χ0) is 21.1. The van der Waals surface area contributed by atoms with Gasteiger partial charge in [-0.2, -0.15) is 0 Å². The molecule has 0 saturated carbocycles. The van der Waals surface area contributed by atoms with Gasteiger partial charge in [0.1, 0.15) is 6.04 Å². The maximum Gasteiger partial charge on any atom is 0.255 e. The Balaban J connectivity index is 1.44. The van der Waals surface area contributed by atoms with Gasteiger partial charge in [-0.05, 0) is 43.5 Å². The maximum absolute atomic E-state index is 13.2. The number of fused-ring (bicyclic) bond motifs is 1. The number of piperidine rings is 2. The third-order valence-electron chi connectivity index (χ3n) is 6.57. The second kappa shape index (κ2) is 8.83. The van der Waals surface area contributed by atoms with Crippen LogP contribution in [0.15, 0.2) is 18.2 Å². The minimum atomic E-state index is -0.580. The molecule has 2 saturated heterocycles. The summed E-state index contributed by atoms with van der Waals surface area (Å²) in [4.78, 5) is 38.5. The van der Waals surface area contributed by atoms with E-state index in [4.69, 9.17) is 4.74 Å². The van der Waals surface area contributed by atoms with Crippen LogP contribution in [0.5, 0.6) is 0 Å². The van der Waals surface area contributed by atoms with Crippen LogP contribution in [-0.4, -0.2) is 62.0 Å². The molecular weight excluding hydrogens is 384 g/mol. The molecule has 3 aliphatic heterocycles. The summed E-state index contributed by atoms with van der Waals surface area (Å²) < 4.78 is 5.49. The molecule has 1 aromatic carbocycles. The third kappa shape index (κ3) is 4.12. The number of hydrogen-bond donors (Lipinski definition) is 3. The van der Waals surface area contributed by atoms with Crippen LogP contribution in [0.2, 0.25) is 0 Å². The summed E-state index contributed by atoms with van der Waals surface area (Å²) in [5, 5.41) is 9.31. The number of carbonyl (C=O) groups excluding carboxylic acids is 3. The Morgan fingerprint density at radius 3 is 2.77 bits per heavy atom. The SMILES string of the molecule is COCC1(CNCc2cccc3c2C(=O)N(C2CCC(=O)NC2=O)C3)CCNCC1. The number of benzene rings is 1. The van der Waals surface area contributed by atoms with Crippen molar-refractivity contribution >= 4 is 17.7 Å². The van der Waals surface area contributed by atoms with Crippen LogP contribution in [0.25, 0.3) is 0 Å². The quantitative estimate of drug-likeness (QED) is 0.564. The Hall–Kier alpha value is -2.29. The molecule has 30 heavy (non-hydrogen) atoms. The molecule has 162 valence electrons. The summed E-state index contributed by atoms with van der Waals surface area (Å²) in [7, 11) is 1.75. The van der Waals surface area contributed by atoms with E-state index in [1.54, 1.807) is 12.0 Å². The maximum atomic E-state index is 13.2. The van der Waals surface area contributed by atoms with E-state index in [-0.39, 0.29) is 29.6 Å². The van der Waals surface area contributed by atoms with Crippen molar-refractivity contribution < 1.29 is 19.1 Å². The predicted molar refractivity (Wildman–Crippen MR) is 111 cm³/mol. The first-order valence-corrected chi connectivity index (χ1v) is 10.7. The highest BCUT2D eigenvalue weighted by molar-refractivity contribution is 6.05. The fourth-order valence-corrected chi connectivity index (χ4v) is 4.94. The number of amides is 3. The van der Waals surface area contributed by atoms with Crippen molar-refractivity contribution in [2.24, 2.45) is 5.41 Å². The van der Waals surface area contributed by atoms with Gasteiger partial charge in [0.15, 0.2) is 0 Å². The van der Waals surface area contributed by atoms with Crippen molar-refractivity contribution in [3.63, 3.8) is 0 Å². The van der Waals surface area contributed by atoms with Crippen LogP contribution in [0.4, 0.5) is 0 Å². The molecule has 4 rings (SSSR count). The van der Waals surface area contributed by atoms with Gasteiger partial charge in [0.25, 0.3) is 5.91 Å². The summed E-state index contributed by atoms with van der Waals surface area (Å²) in [6.45, 7) is 4.54. The number of imide groups is 1. The first-order chi connectivity index (χ1) is 14.5. The average molecular weight is 415 g/mol. The van der Waals surface area contributed by atoms with Crippen molar-refractivity contribution in [1.82, 2.24) is 20.9 Å². The molecule has 3 aliphatic rings. The van der Waals surface area contributed by atoms with Gasteiger partial charge < -0.3 is 20.3 Å². The van der Waals surface area contributed by atoms with E-state index in [1.165, 1.54) is 0 Å². The first kappa shape index (κ1) is 21.0. The number of ether oxygens (including phenoxy) is 1. The molecule has 0 spiro atoms. The van der Waals surface area contributed by atoms with Gasteiger partial charge >= 0.3 is 0 Å². The molecule has 3 amide bonds. The summed E-state index contributed by atoms with van der Waals surface area (Å²) in [6, 6.07) is 5.31. The Morgan fingerprint density at radius 1 is 1.23 bits per heavy atom. The summed E-state index contributed by atoms with van der Waals surface area (Å²) in [6.07, 6.45) is 2.76. The fraction of sp³-hybridized carbons (Fsp3) is 0.591. The van der Waals surface area contributed by atoms with Gasteiger partial charge in [0, 0.05) is 44.1 Å². The van der Waals surface area contributed by atoms with Gasteiger partial charge in [-0.25, -0.2) is 0 Å². The molecule has 0 aliphatic carbocycles. The van der Waals surface area contributed by atoms with Crippen molar-refractivity contribution in [1.29, 1.82) is 0 Å². The third-order valence-corrected chi connectivity index (χ3v) is 6.57. The molecule has 8 nitrogen and oxygen atoms in total. The largest absolute Gasteiger partial charge is 0.384 e. The molecule has 8 heteroatoms. The second-order valence-electron chi connectivity index (χ2n) is 8.64. The predicted octanol–water partition coefficient (Wildman–Crippen LogP) is 0.553. The van der Waals surface area contributed by atoms with E-state index >= 15 is 0 Å². The van der Waals surface area contributed by atoms with Gasteiger partial charge in [0.2, 0.25) is 11.8 Å². The van der Waals surface area contributed by atoms with E-state index < -0.39 is 6.04 Å². The van der Waals surface area contributed by atoms with E-state index in [0.717, 1.165) is 50.2 Å². The summed E-state index contributed by atoms with van der Waals surface area (Å²) in [5.74, 6) is -0.766. The lowest BCUT2D eigenvalue weighted by Crippen LogP contribution is -2.52. The Morgan fingerprint density at radius 2 is 2.03 bits per heavy atom. The number of nitrogens with zero attached hydrogens (tertiary/aromatic N) is 1. The van der Waals surface area contributed by atoms with E-state index in [0.29, 0.717) is 25.1 Å². The number of methoxy groups -OCH3 is 1. The lowest BCUT2D eigenvalue weighted by molar-refractivity contribution is -0.136. The lowest BCUT2D eigenvalue weighted by atomic mass is 9.79. The Labute approximate surface area is 176 Å². The molecule has 1 aromatic rings. The molecule has 0 aromatic heterocycles. The Kier molecular flexibility index (Phi) is 6.17. The summed E-state index contributed by atoms with van der Waals surface area (Å²) in [5.41, 5.74) is 2.70. The zero-order valence-corrected chi connectivity index (χ0v) is 17.5. The molecule has 3 N–H and O–H groups in total. The number of carbonyl (C=O) groups is 3. The standard InChI is InChI=1S/C22H30N4O4/c1-30-14-22(7-9-23-10-8-22)13-24-11-15-3-2-4-16-12-26(21(29)19(15)16)17-5-6-18(27)25-20(17)28/h2-4,17,23-24H,5-14H2,1H3,(H,25,27,28). The molecule has 1 atom stereocenters. The zero-order valence-electron chi connectivity index (χ0n) is 17.5. The van der Waals surface area contributed by atoms with E-state index in [1.807, 2.05) is 18.2 Å². The van der Waals surface area contributed by atoms with Crippen molar-refractivity contribution in [3.05, 3.63) is 34.9 Å². The highest BCUT2D eigenvalue weighted by Gasteiger charge is 2.40. The minimum Gasteiger partial charge on any atom is -0.384 e. The van der Waals surface area contributed by atoms with Crippen LogP contribution in [-0.2, 0) is 27.4 Å². The number of rotatable bonds is 7. The van der Waals surface area contributed by atoms with Crippen molar-refractivity contribution in [2.75, 3.05) is 33.4 Å². The highest BCUT2D eigenvalue weighted by atomic mass is 16.5. The molecule has 3 heterocycles. The average Bonchev–Trinajstić information content (AvgIpc) is 3.06. The topological polar surface area (TPSA) is 99.8 Å². The van der Waals surface area contributed by atoms with Crippen LogP contribution < -0.4 is 16.0 Å². The first-order valence-electron chi connectivity index (χ1n) is 10.7. The van der Waals surface area contributed by atoms with Crippen molar-refractivity contribution in [3.8, 4) is 0 Å². The summed E-state index contributed by atoms with van der Waals surface area (Å²) >= 11 is 0. The van der Waals surface area contributed by atoms with Crippen LogP contribution in [0.1, 0.15) is 47.2 Å². The molecule has 1 unspecified atom stereocenters. The van der Waals surface area contributed by atoms with Gasteiger partial charge in [-0.15, -0.1) is 0 Å². The smallest absolute Gasteiger partial charge is 0.255 e. The molecule has 2 fully saturated rings. The van der Waals surface area contributed by atoms with Gasteiger partial charge in [-0.1, -0.05) is 18.2 Å². The fourth-order valence-electron chi connectivity index (χ4n) is 4.94. The van der Waals surface area contributed by atoms with Crippen LogP contribution in [0.3, 0.4) is 0 Å². The molecule has 0 bridgehead atoms. The number of hydrogen-bond acceptors (Lipinski definition) is 6. The monoisotopic (exact) mass is 414 g/mol. The van der Waals surface area contributed by atoms with E-state index in [2.05, 4.69) is 16.0 Å². The molecular formula is C22H30N4O4. The lowest BCUT2D eigenvalue weighted by Gasteiger charge is -2.37.